The van der Waals surface area contributed by atoms with Crippen LogP contribution in [0.3, 0.4) is 0 Å². The van der Waals surface area contributed by atoms with Crippen LogP contribution >= 0.6 is 11.8 Å². The number of methoxy groups -OCH3 is 3. The number of para-hydroxylation sites is 1. The molecule has 1 aromatic carbocycles. The van der Waals surface area contributed by atoms with Crippen LogP contribution in [0, 0.1) is 0 Å². The van der Waals surface area contributed by atoms with Crippen molar-refractivity contribution in [2.45, 2.75) is 10.1 Å². The zero-order chi connectivity index (χ0) is 18.1. The van der Waals surface area contributed by atoms with Crippen LogP contribution in [-0.4, -0.2) is 44.5 Å². The molecular weight excluding hydrogens is 346 g/mol. The van der Waals surface area contributed by atoms with Gasteiger partial charge in [0.15, 0.2) is 0 Å². The summed E-state index contributed by atoms with van der Waals surface area (Å²) < 4.78 is 14.4. The van der Waals surface area contributed by atoms with E-state index in [0.717, 1.165) is 10.6 Å². The lowest BCUT2D eigenvalue weighted by atomic mass is 10.1. The number of esters is 3. The summed E-state index contributed by atoms with van der Waals surface area (Å²) in [6, 6.07) is 7.43. The summed E-state index contributed by atoms with van der Waals surface area (Å²) in [7, 11) is 3.61. The monoisotopic (exact) mass is 361 g/mol. The van der Waals surface area contributed by atoms with Gasteiger partial charge in [-0.1, -0.05) is 12.1 Å². The standard InChI is InChI=1S/C17H15NO6S/c1-22-15(19)10-11(16(20)23-2)13-14(12(10)17(21)24-3)25-9-7-5-4-6-8(9)18-13/h4-7,14,18H,1-3H3. The second-order valence-electron chi connectivity index (χ2n) is 5.17. The lowest BCUT2D eigenvalue weighted by Gasteiger charge is -2.26. The molecule has 0 spiro atoms. The molecule has 1 heterocycles. The summed E-state index contributed by atoms with van der Waals surface area (Å²) in [6.07, 6.45) is 0. The molecule has 2 aliphatic rings. The molecule has 1 atom stereocenters. The van der Waals surface area contributed by atoms with Crippen LogP contribution in [0.5, 0.6) is 0 Å². The molecule has 3 rings (SSSR count). The Labute approximate surface area is 148 Å². The van der Waals surface area contributed by atoms with Gasteiger partial charge in [0.25, 0.3) is 0 Å². The summed E-state index contributed by atoms with van der Waals surface area (Å²) >= 11 is 1.35. The van der Waals surface area contributed by atoms with Crippen molar-refractivity contribution in [3.05, 3.63) is 46.7 Å². The first-order valence-corrected chi connectivity index (χ1v) is 8.17. The fourth-order valence-corrected chi connectivity index (χ4v) is 4.10. The predicted octanol–water partition coefficient (Wildman–Crippen LogP) is 1.66. The summed E-state index contributed by atoms with van der Waals surface area (Å²) in [5.74, 6) is -2.23. The third-order valence-electron chi connectivity index (χ3n) is 3.90. The van der Waals surface area contributed by atoms with Crippen LogP contribution in [0.2, 0.25) is 0 Å². The summed E-state index contributed by atoms with van der Waals surface area (Å²) in [5, 5.41) is 2.55. The predicted molar refractivity (Wildman–Crippen MR) is 89.8 cm³/mol. The van der Waals surface area contributed by atoms with E-state index < -0.39 is 23.2 Å². The molecule has 0 fully saturated rings. The van der Waals surface area contributed by atoms with E-state index in [0.29, 0.717) is 5.70 Å². The first-order chi connectivity index (χ1) is 12.0. The zero-order valence-electron chi connectivity index (χ0n) is 13.7. The highest BCUT2D eigenvalue weighted by atomic mass is 32.2. The zero-order valence-corrected chi connectivity index (χ0v) is 14.6. The van der Waals surface area contributed by atoms with Crippen molar-refractivity contribution in [2.75, 3.05) is 26.6 Å². The van der Waals surface area contributed by atoms with Crippen LogP contribution < -0.4 is 5.32 Å². The Morgan fingerprint density at radius 1 is 0.920 bits per heavy atom. The topological polar surface area (TPSA) is 90.9 Å². The highest BCUT2D eigenvalue weighted by Gasteiger charge is 2.46. The van der Waals surface area contributed by atoms with Gasteiger partial charge in [-0.3, -0.25) is 0 Å². The number of hydrogen-bond donors (Lipinski definition) is 1. The minimum atomic E-state index is -0.797. The van der Waals surface area contributed by atoms with E-state index in [2.05, 4.69) is 5.32 Å². The molecule has 1 N–H and O–H groups in total. The van der Waals surface area contributed by atoms with Gasteiger partial charge in [0, 0.05) is 10.6 Å². The maximum atomic E-state index is 12.4. The number of hydrogen-bond acceptors (Lipinski definition) is 8. The maximum absolute atomic E-state index is 12.4. The van der Waals surface area contributed by atoms with E-state index in [1.807, 2.05) is 24.3 Å². The molecule has 0 radical (unpaired) electrons. The highest BCUT2D eigenvalue weighted by molar-refractivity contribution is 8.00. The summed E-state index contributed by atoms with van der Waals surface area (Å²) in [6.45, 7) is 0. The Bertz CT molecular complexity index is 841. The van der Waals surface area contributed by atoms with E-state index in [1.54, 1.807) is 0 Å². The minimum Gasteiger partial charge on any atom is -0.466 e. The summed E-state index contributed by atoms with van der Waals surface area (Å²) in [5.41, 5.74) is 1.11. The normalized spacial score (nSPS) is 18.1. The Hall–Kier alpha value is -2.74. The molecular formula is C17H15NO6S. The van der Waals surface area contributed by atoms with Crippen LogP contribution in [0.25, 0.3) is 0 Å². The molecule has 8 heteroatoms. The second-order valence-corrected chi connectivity index (χ2v) is 6.32. The number of carbonyl (C=O) groups excluding carboxylic acids is 3. The van der Waals surface area contributed by atoms with Gasteiger partial charge >= 0.3 is 17.9 Å². The van der Waals surface area contributed by atoms with E-state index in [-0.39, 0.29) is 16.7 Å². The third-order valence-corrected chi connectivity index (χ3v) is 5.22. The average Bonchev–Trinajstić information content (AvgIpc) is 2.98. The van der Waals surface area contributed by atoms with Gasteiger partial charge < -0.3 is 19.5 Å². The fourth-order valence-electron chi connectivity index (χ4n) is 2.81. The van der Waals surface area contributed by atoms with Crippen molar-refractivity contribution in [2.24, 2.45) is 0 Å². The first kappa shape index (κ1) is 17.1. The number of fused-ring (bicyclic) bond motifs is 2. The van der Waals surface area contributed by atoms with Gasteiger partial charge in [-0.25, -0.2) is 14.4 Å². The number of anilines is 1. The highest BCUT2D eigenvalue weighted by Crippen LogP contribution is 2.49. The van der Waals surface area contributed by atoms with Gasteiger partial charge in [-0.05, 0) is 12.1 Å². The molecule has 1 aromatic rings. The lowest BCUT2D eigenvalue weighted by Crippen LogP contribution is -2.24. The molecule has 0 saturated carbocycles. The van der Waals surface area contributed by atoms with Crippen molar-refractivity contribution in [1.29, 1.82) is 0 Å². The molecule has 0 bridgehead atoms. The molecule has 130 valence electrons. The number of carbonyl (C=O) groups is 3. The maximum Gasteiger partial charge on any atom is 0.340 e. The third kappa shape index (κ3) is 2.68. The van der Waals surface area contributed by atoms with E-state index in [9.17, 15) is 14.4 Å². The number of thioether (sulfide) groups is 1. The largest absolute Gasteiger partial charge is 0.466 e. The molecule has 0 aromatic heterocycles. The van der Waals surface area contributed by atoms with Gasteiger partial charge in [0.2, 0.25) is 0 Å². The smallest absolute Gasteiger partial charge is 0.340 e. The van der Waals surface area contributed by atoms with Crippen LogP contribution in [0.1, 0.15) is 0 Å². The van der Waals surface area contributed by atoms with E-state index >= 15 is 0 Å². The molecule has 1 unspecified atom stereocenters. The first-order valence-electron chi connectivity index (χ1n) is 7.29. The Kier molecular flexibility index (Phi) is 4.54. The molecule has 7 nitrogen and oxygen atoms in total. The molecule has 25 heavy (non-hydrogen) atoms. The molecule has 1 aliphatic heterocycles. The van der Waals surface area contributed by atoms with Crippen molar-refractivity contribution in [3.63, 3.8) is 0 Å². The molecule has 0 saturated heterocycles. The van der Waals surface area contributed by atoms with E-state index in [1.165, 1.54) is 33.1 Å². The van der Waals surface area contributed by atoms with Gasteiger partial charge in [-0.15, -0.1) is 11.8 Å². The number of ether oxygens (including phenoxy) is 3. The Morgan fingerprint density at radius 3 is 2.16 bits per heavy atom. The van der Waals surface area contributed by atoms with Gasteiger partial charge in [0.1, 0.15) is 0 Å². The van der Waals surface area contributed by atoms with Crippen molar-refractivity contribution >= 4 is 35.4 Å². The van der Waals surface area contributed by atoms with Gasteiger partial charge in [0.05, 0.1) is 49.0 Å². The Morgan fingerprint density at radius 2 is 1.52 bits per heavy atom. The number of rotatable bonds is 3. The minimum absolute atomic E-state index is 0.0123. The molecule has 1 aliphatic carbocycles. The van der Waals surface area contributed by atoms with Crippen molar-refractivity contribution in [1.82, 2.24) is 0 Å². The van der Waals surface area contributed by atoms with E-state index in [4.69, 9.17) is 14.2 Å². The second kappa shape index (κ2) is 6.64. The number of nitrogens with one attached hydrogen (secondary N) is 1. The van der Waals surface area contributed by atoms with Crippen LogP contribution in [-0.2, 0) is 28.6 Å². The van der Waals surface area contributed by atoms with Crippen molar-refractivity contribution < 1.29 is 28.6 Å². The quantitative estimate of drug-likeness (QED) is 0.642. The SMILES string of the molecule is COC(=O)C1=C2Nc3ccccc3SC2C(C(=O)OC)=C1C(=O)OC. The average molecular weight is 361 g/mol. The van der Waals surface area contributed by atoms with Crippen molar-refractivity contribution in [3.8, 4) is 0 Å². The fraction of sp³-hybridized carbons (Fsp3) is 0.235. The summed E-state index contributed by atoms with van der Waals surface area (Å²) in [4.78, 5) is 37.9. The number of benzene rings is 1. The Balaban J connectivity index is 2.24. The lowest BCUT2D eigenvalue weighted by molar-refractivity contribution is -0.140. The molecule has 0 amide bonds. The van der Waals surface area contributed by atoms with Gasteiger partial charge in [-0.2, -0.15) is 0 Å². The van der Waals surface area contributed by atoms with Crippen LogP contribution in [0.4, 0.5) is 5.69 Å². The van der Waals surface area contributed by atoms with Crippen LogP contribution in [0.15, 0.2) is 51.6 Å².